The van der Waals surface area contributed by atoms with E-state index in [0.29, 0.717) is 0 Å². The molecule has 0 unspecified atom stereocenters. The maximum absolute atomic E-state index is 10.2. The minimum Gasteiger partial charge on any atom is -0.420 e. The van der Waals surface area contributed by atoms with Gasteiger partial charge in [0.25, 0.3) is 10.0 Å². The third kappa shape index (κ3) is 19.6. The first-order valence-corrected chi connectivity index (χ1v) is 39.9. The smallest absolute Gasteiger partial charge is 0.320 e. The molecular weight excluding hydrogens is 673 g/mol. The number of rotatable bonds is 18. The van der Waals surface area contributed by atoms with E-state index in [-0.39, 0.29) is 0 Å². The first-order valence-electron chi connectivity index (χ1n) is 13.3. The highest BCUT2D eigenvalue weighted by molar-refractivity contribution is 6.92. The third-order valence-corrected chi connectivity index (χ3v) is 39.1. The van der Waals surface area contributed by atoms with E-state index in [2.05, 4.69) is 0 Å². The molecule has 0 aliphatic carbocycles. The van der Waals surface area contributed by atoms with Gasteiger partial charge in [0.2, 0.25) is 0 Å². The van der Waals surface area contributed by atoms with Gasteiger partial charge in [-0.05, 0) is 118 Å². The molecule has 0 aromatic carbocycles. The van der Waals surface area contributed by atoms with Crippen LogP contribution in [0.2, 0.25) is 118 Å². The normalized spacial score (nSPS) is 16.0. The van der Waals surface area contributed by atoms with Crippen LogP contribution >= 0.6 is 0 Å². The summed E-state index contributed by atoms with van der Waals surface area (Å²) in [6.45, 7) is 35.2. The van der Waals surface area contributed by atoms with Crippen molar-refractivity contribution in [1.29, 1.82) is 0 Å². The van der Waals surface area contributed by atoms with Crippen molar-refractivity contribution in [2.24, 2.45) is 0 Å². The summed E-state index contributed by atoms with van der Waals surface area (Å²) in [6, 6.07) is 0. The van der Waals surface area contributed by atoms with Crippen LogP contribution in [0.3, 0.4) is 0 Å². The first kappa shape index (κ1) is 40.7. The fraction of sp³-hybridized carbons (Fsp3) is 1.00. The van der Waals surface area contributed by atoms with E-state index in [4.69, 9.17) is 37.0 Å². The van der Waals surface area contributed by atoms with Crippen LogP contribution in [0.25, 0.3) is 0 Å². The molecule has 0 aromatic rings. The molecule has 0 heterocycles. The van der Waals surface area contributed by atoms with Gasteiger partial charge in [0.05, 0.1) is 0 Å². The summed E-state index contributed by atoms with van der Waals surface area (Å²) >= 11 is 0. The fourth-order valence-electron chi connectivity index (χ4n) is 5.08. The van der Waals surface area contributed by atoms with Gasteiger partial charge in [0.1, 0.15) is 0 Å². The summed E-state index contributed by atoms with van der Waals surface area (Å²) in [5, 5.41) is 0. The maximum Gasteiger partial charge on any atom is 0.320 e. The highest BCUT2D eigenvalue weighted by Crippen LogP contribution is 2.29. The molecule has 0 spiro atoms. The topological polar surface area (TPSA) is 124 Å². The lowest BCUT2D eigenvalue weighted by atomic mass is 11.9. The zero-order chi connectivity index (χ0) is 31.6. The zero-order valence-electron chi connectivity index (χ0n) is 27.8. The van der Waals surface area contributed by atoms with Crippen LogP contribution in [0.15, 0.2) is 0 Å². The summed E-state index contributed by atoms with van der Waals surface area (Å²) in [4.78, 5) is 19.6. The Balaban J connectivity index is 5.38. The van der Waals surface area contributed by atoms with Crippen molar-refractivity contribution < 1.29 is 46.6 Å². The number of hydrogen-bond donors (Lipinski definition) is 2. The minimum absolute atomic E-state index is 1.55. The molecule has 0 amide bonds. The Bertz CT molecular complexity index is 786. The summed E-state index contributed by atoms with van der Waals surface area (Å²) in [6.07, 6.45) is 0. The molecule has 0 saturated carbocycles. The van der Waals surface area contributed by atoms with E-state index < -0.39 is 87.1 Å². The second-order valence-corrected chi connectivity index (χ2v) is 47.0. The molecule has 0 rings (SSSR count). The zero-order valence-corrected chi connectivity index (χ0v) is 38.2. The molecule has 0 aliphatic rings. The molecule has 0 fully saturated rings. The van der Waals surface area contributed by atoms with Crippen molar-refractivity contribution in [3.05, 3.63) is 0 Å². The molecule has 0 aliphatic heterocycles. The maximum atomic E-state index is 10.2. The van der Waals surface area contributed by atoms with Gasteiger partial charge in [-0.15, -0.1) is 0 Å². The molecule has 0 atom stereocenters. The Hall–Kier alpha value is 1.73. The van der Waals surface area contributed by atoms with Gasteiger partial charge in [-0.1, -0.05) is 0 Å². The van der Waals surface area contributed by atoms with Gasteiger partial charge < -0.3 is 46.6 Å². The van der Waals surface area contributed by atoms with Crippen LogP contribution in [0.4, 0.5) is 0 Å². The predicted octanol–water partition coefficient (Wildman–Crippen LogP) is 4.44. The van der Waals surface area contributed by atoms with Crippen LogP contribution in [0, 0.1) is 0 Å². The van der Waals surface area contributed by atoms with Gasteiger partial charge in [0.15, 0.2) is 0 Å². The van der Waals surface area contributed by atoms with Crippen LogP contribution in [0.1, 0.15) is 0 Å². The van der Waals surface area contributed by atoms with E-state index in [9.17, 15) is 9.59 Å². The Morgan fingerprint density at radius 2 is 0.513 bits per heavy atom. The van der Waals surface area contributed by atoms with E-state index in [1.807, 2.05) is 105 Å². The van der Waals surface area contributed by atoms with Gasteiger partial charge in [-0.25, -0.2) is 0 Å². The standard InChI is InChI=1S/C18H58O11Si10/c1-31(2,20)22-33(5,6)24-35(9,10)26-37(13,14)28-39(17,18)29-38(15,16)27-36(11,12)25-34(7,8)23-32(3,4)21-30-19/h19-20H,30H2,1-18H3. The van der Waals surface area contributed by atoms with Crippen molar-refractivity contribution in [1.82, 2.24) is 0 Å². The quantitative estimate of drug-likeness (QED) is 0.195. The highest BCUT2D eigenvalue weighted by Gasteiger charge is 2.50. The van der Waals surface area contributed by atoms with Crippen LogP contribution in [0.5, 0.6) is 0 Å². The van der Waals surface area contributed by atoms with Crippen molar-refractivity contribution in [2.45, 2.75) is 118 Å². The second kappa shape index (κ2) is 13.8. The molecule has 236 valence electrons. The molecule has 0 bridgehead atoms. The Kier molecular flexibility index (Phi) is 14.4. The SMILES string of the molecule is C[Si](C)(O)O[Si](C)(C)O[Si](C)(C)O[Si](C)(C)O[Si](C)(C)O[Si](C)(C)O[Si](C)(C)O[Si](C)(C)O[Si](C)(C)O[SiH2]O. The monoisotopic (exact) mass is 730 g/mol. The van der Waals surface area contributed by atoms with E-state index in [1.165, 1.54) is 0 Å². The molecule has 11 nitrogen and oxygen atoms in total. The fourth-order valence-corrected chi connectivity index (χ4v) is 48.8. The van der Waals surface area contributed by atoms with E-state index >= 15 is 0 Å². The van der Waals surface area contributed by atoms with Crippen molar-refractivity contribution in [3.63, 3.8) is 0 Å². The molecule has 21 heteroatoms. The Morgan fingerprint density at radius 1 is 0.333 bits per heavy atom. The number of hydrogen-bond acceptors (Lipinski definition) is 11. The third-order valence-electron chi connectivity index (χ3n) is 4.35. The molecule has 0 radical (unpaired) electrons. The summed E-state index contributed by atoms with van der Waals surface area (Å²) < 4.78 is 57.1. The van der Waals surface area contributed by atoms with Gasteiger partial charge in [-0.2, -0.15) is 0 Å². The summed E-state index contributed by atoms with van der Waals surface area (Å²) in [7, 11) is -25.2. The lowest BCUT2D eigenvalue weighted by Gasteiger charge is -2.44. The molecule has 0 aromatic heterocycles. The summed E-state index contributed by atoms with van der Waals surface area (Å²) in [5.74, 6) is 0. The van der Waals surface area contributed by atoms with Crippen molar-refractivity contribution in [3.8, 4) is 0 Å². The van der Waals surface area contributed by atoms with Crippen molar-refractivity contribution >= 4 is 87.1 Å². The van der Waals surface area contributed by atoms with E-state index in [0.717, 1.165) is 0 Å². The Morgan fingerprint density at radius 3 is 0.692 bits per heavy atom. The lowest BCUT2D eigenvalue weighted by molar-refractivity contribution is 0.254. The van der Waals surface area contributed by atoms with Crippen molar-refractivity contribution in [2.75, 3.05) is 0 Å². The molecule has 2 N–H and O–H groups in total. The van der Waals surface area contributed by atoms with Crippen LogP contribution in [-0.2, 0) is 37.0 Å². The predicted molar refractivity (Wildman–Crippen MR) is 180 cm³/mol. The molecular formula is C18H58O11Si10. The van der Waals surface area contributed by atoms with Crippen LogP contribution in [-0.4, -0.2) is 96.6 Å². The largest absolute Gasteiger partial charge is 0.420 e. The lowest BCUT2D eigenvalue weighted by Crippen LogP contribution is -2.62. The highest BCUT2D eigenvalue weighted by atomic mass is 28.5. The van der Waals surface area contributed by atoms with E-state index in [1.54, 1.807) is 13.1 Å². The second-order valence-electron chi connectivity index (χ2n) is 13.7. The van der Waals surface area contributed by atoms with Gasteiger partial charge in [-0.3, -0.25) is 0 Å². The average Bonchev–Trinajstić information content (AvgIpc) is 2.41. The minimum atomic E-state index is -2.73. The Labute approximate surface area is 250 Å². The van der Waals surface area contributed by atoms with Gasteiger partial charge >= 0.3 is 77.0 Å². The van der Waals surface area contributed by atoms with Gasteiger partial charge in [0, 0.05) is 0 Å². The summed E-state index contributed by atoms with van der Waals surface area (Å²) in [5.41, 5.74) is 0. The average molecular weight is 732 g/mol. The molecule has 0 saturated heterocycles. The molecule has 39 heavy (non-hydrogen) atoms. The van der Waals surface area contributed by atoms with Crippen LogP contribution < -0.4 is 0 Å². The first-order chi connectivity index (χ1) is 16.7.